The highest BCUT2D eigenvalue weighted by Gasteiger charge is 2.11. The van der Waals surface area contributed by atoms with E-state index in [1.807, 2.05) is 0 Å². The summed E-state index contributed by atoms with van der Waals surface area (Å²) in [5.41, 5.74) is 5.71. The van der Waals surface area contributed by atoms with Gasteiger partial charge in [-0.2, -0.15) is 0 Å². The van der Waals surface area contributed by atoms with Gasteiger partial charge < -0.3 is 15.8 Å². The summed E-state index contributed by atoms with van der Waals surface area (Å²) in [5.74, 6) is -0.0625. The van der Waals surface area contributed by atoms with Crippen LogP contribution >= 0.6 is 0 Å². The van der Waals surface area contributed by atoms with Gasteiger partial charge in [0.2, 0.25) is 5.91 Å². The number of nitrogens with one attached hydrogen (secondary N) is 1. The molecule has 16 heavy (non-hydrogen) atoms. The molecule has 96 valence electrons. The van der Waals surface area contributed by atoms with Gasteiger partial charge in [-0.05, 0) is 12.8 Å². The molecule has 0 saturated heterocycles. The molecule has 0 bridgehead atoms. The van der Waals surface area contributed by atoms with Crippen LogP contribution in [-0.4, -0.2) is 31.7 Å². The molecular formula is C12H26N2O2. The zero-order valence-corrected chi connectivity index (χ0v) is 10.6. The highest BCUT2D eigenvalue weighted by atomic mass is 16.5. The average molecular weight is 230 g/mol. The Kier molecular flexibility index (Phi) is 10.5. The Morgan fingerprint density at radius 2 is 1.94 bits per heavy atom. The van der Waals surface area contributed by atoms with Gasteiger partial charge in [-0.3, -0.25) is 4.79 Å². The maximum atomic E-state index is 11.4. The van der Waals surface area contributed by atoms with Gasteiger partial charge in [0, 0.05) is 13.2 Å². The van der Waals surface area contributed by atoms with Gasteiger partial charge in [0.1, 0.15) is 0 Å². The molecule has 0 saturated carbocycles. The first-order valence-electron chi connectivity index (χ1n) is 6.33. The number of nitrogens with two attached hydrogens (primary N) is 1. The Balaban J connectivity index is 3.35. The van der Waals surface area contributed by atoms with Crippen LogP contribution in [0.25, 0.3) is 0 Å². The van der Waals surface area contributed by atoms with Crippen molar-refractivity contribution in [3.8, 4) is 0 Å². The van der Waals surface area contributed by atoms with Gasteiger partial charge in [0.05, 0.1) is 12.6 Å². The minimum Gasteiger partial charge on any atom is -0.380 e. The molecule has 0 aromatic carbocycles. The van der Waals surface area contributed by atoms with E-state index in [4.69, 9.17) is 10.5 Å². The second-order valence-electron chi connectivity index (χ2n) is 4.01. The van der Waals surface area contributed by atoms with E-state index in [1.165, 1.54) is 0 Å². The van der Waals surface area contributed by atoms with Crippen molar-refractivity contribution in [3.05, 3.63) is 0 Å². The van der Waals surface area contributed by atoms with Crippen molar-refractivity contribution in [2.75, 3.05) is 19.8 Å². The van der Waals surface area contributed by atoms with Crippen LogP contribution in [0.4, 0.5) is 0 Å². The molecule has 1 amide bonds. The number of hydrogen-bond donors (Lipinski definition) is 2. The summed E-state index contributed by atoms with van der Waals surface area (Å²) in [4.78, 5) is 11.4. The molecule has 0 fully saturated rings. The van der Waals surface area contributed by atoms with E-state index in [-0.39, 0.29) is 11.9 Å². The molecular weight excluding hydrogens is 204 g/mol. The van der Waals surface area contributed by atoms with Gasteiger partial charge in [-0.15, -0.1) is 0 Å². The van der Waals surface area contributed by atoms with Crippen LogP contribution < -0.4 is 11.1 Å². The first kappa shape index (κ1) is 15.4. The van der Waals surface area contributed by atoms with Gasteiger partial charge >= 0.3 is 0 Å². The first-order valence-corrected chi connectivity index (χ1v) is 6.33. The molecule has 0 aliphatic heterocycles. The monoisotopic (exact) mass is 230 g/mol. The number of ether oxygens (including phenoxy) is 1. The normalized spacial score (nSPS) is 12.4. The number of hydrogen-bond acceptors (Lipinski definition) is 3. The maximum absolute atomic E-state index is 11.4. The standard InChI is InChI=1S/C12H26N2O2/c1-3-5-7-11(13)12(15)14-8-10-16-9-6-4-2/h11H,3-10,13H2,1-2H3,(H,14,15). The second kappa shape index (κ2) is 10.9. The number of carbonyl (C=O) groups excluding carboxylic acids is 1. The molecule has 0 aliphatic carbocycles. The summed E-state index contributed by atoms with van der Waals surface area (Å²) in [6.07, 6.45) is 5.04. The van der Waals surface area contributed by atoms with Crippen molar-refractivity contribution in [3.63, 3.8) is 0 Å². The SMILES string of the molecule is CCCCOCCNC(=O)C(N)CCCC. The van der Waals surface area contributed by atoms with Crippen molar-refractivity contribution in [2.45, 2.75) is 52.0 Å². The number of carbonyl (C=O) groups is 1. The first-order chi connectivity index (χ1) is 7.72. The highest BCUT2D eigenvalue weighted by molar-refractivity contribution is 5.81. The summed E-state index contributed by atoms with van der Waals surface area (Å²) in [5, 5.41) is 2.78. The molecule has 0 aliphatic rings. The smallest absolute Gasteiger partial charge is 0.236 e. The largest absolute Gasteiger partial charge is 0.380 e. The predicted molar refractivity (Wildman–Crippen MR) is 66.2 cm³/mol. The van der Waals surface area contributed by atoms with Crippen molar-refractivity contribution in [2.24, 2.45) is 5.73 Å². The van der Waals surface area contributed by atoms with E-state index in [1.54, 1.807) is 0 Å². The van der Waals surface area contributed by atoms with Crippen LogP contribution in [0.5, 0.6) is 0 Å². The van der Waals surface area contributed by atoms with Crippen molar-refractivity contribution in [1.82, 2.24) is 5.32 Å². The summed E-state index contributed by atoms with van der Waals surface area (Å²) in [6, 6.07) is -0.365. The van der Waals surface area contributed by atoms with Crippen LogP contribution in [0, 0.1) is 0 Å². The Morgan fingerprint density at radius 1 is 1.25 bits per heavy atom. The number of unbranched alkanes of at least 4 members (excludes halogenated alkanes) is 2. The van der Waals surface area contributed by atoms with Crippen molar-refractivity contribution in [1.29, 1.82) is 0 Å². The fourth-order valence-electron chi connectivity index (χ4n) is 1.28. The van der Waals surface area contributed by atoms with Crippen molar-refractivity contribution >= 4 is 5.91 Å². The quantitative estimate of drug-likeness (QED) is 0.558. The fraction of sp³-hybridized carbons (Fsp3) is 0.917. The third-order valence-corrected chi connectivity index (χ3v) is 2.39. The Bertz CT molecular complexity index is 174. The topological polar surface area (TPSA) is 64.3 Å². The van der Waals surface area contributed by atoms with Crippen LogP contribution in [-0.2, 0) is 9.53 Å². The van der Waals surface area contributed by atoms with Crippen LogP contribution in [0.15, 0.2) is 0 Å². The molecule has 4 heteroatoms. The van der Waals surface area contributed by atoms with Gasteiger partial charge in [0.15, 0.2) is 0 Å². The third-order valence-electron chi connectivity index (χ3n) is 2.39. The van der Waals surface area contributed by atoms with E-state index < -0.39 is 0 Å². The molecule has 0 spiro atoms. The van der Waals surface area contributed by atoms with Crippen molar-refractivity contribution < 1.29 is 9.53 Å². The average Bonchev–Trinajstić information content (AvgIpc) is 2.30. The summed E-state index contributed by atoms with van der Waals surface area (Å²) < 4.78 is 5.33. The minimum atomic E-state index is -0.365. The Labute approximate surface area is 98.9 Å². The summed E-state index contributed by atoms with van der Waals surface area (Å²) in [7, 11) is 0. The number of rotatable bonds is 10. The Morgan fingerprint density at radius 3 is 2.56 bits per heavy atom. The Hall–Kier alpha value is -0.610. The molecule has 4 nitrogen and oxygen atoms in total. The van der Waals surface area contributed by atoms with E-state index in [0.717, 1.165) is 38.7 Å². The fourth-order valence-corrected chi connectivity index (χ4v) is 1.28. The van der Waals surface area contributed by atoms with Gasteiger partial charge in [-0.25, -0.2) is 0 Å². The predicted octanol–water partition coefficient (Wildman–Crippen LogP) is 1.44. The molecule has 1 atom stereocenters. The van der Waals surface area contributed by atoms with E-state index in [0.29, 0.717) is 13.2 Å². The molecule has 0 heterocycles. The lowest BCUT2D eigenvalue weighted by Crippen LogP contribution is -2.41. The molecule has 0 rings (SSSR count). The lowest BCUT2D eigenvalue weighted by Gasteiger charge is -2.11. The lowest BCUT2D eigenvalue weighted by atomic mass is 10.1. The van der Waals surface area contributed by atoms with Gasteiger partial charge in [-0.1, -0.05) is 33.1 Å². The third kappa shape index (κ3) is 8.68. The summed E-state index contributed by atoms with van der Waals surface area (Å²) >= 11 is 0. The van der Waals surface area contributed by atoms with E-state index in [2.05, 4.69) is 19.2 Å². The molecule has 0 aromatic rings. The van der Waals surface area contributed by atoms with Gasteiger partial charge in [0.25, 0.3) is 0 Å². The van der Waals surface area contributed by atoms with Crippen LogP contribution in [0.1, 0.15) is 46.0 Å². The zero-order valence-electron chi connectivity index (χ0n) is 10.6. The summed E-state index contributed by atoms with van der Waals surface area (Å²) in [6.45, 7) is 6.12. The highest BCUT2D eigenvalue weighted by Crippen LogP contribution is 1.97. The lowest BCUT2D eigenvalue weighted by molar-refractivity contribution is -0.122. The van der Waals surface area contributed by atoms with E-state index in [9.17, 15) is 4.79 Å². The molecule has 3 N–H and O–H groups in total. The van der Waals surface area contributed by atoms with E-state index >= 15 is 0 Å². The molecule has 1 unspecified atom stereocenters. The zero-order chi connectivity index (χ0) is 12.2. The minimum absolute atomic E-state index is 0.0625. The maximum Gasteiger partial charge on any atom is 0.236 e. The molecule has 0 radical (unpaired) electrons. The van der Waals surface area contributed by atoms with Crippen LogP contribution in [0.2, 0.25) is 0 Å². The number of amides is 1. The van der Waals surface area contributed by atoms with Crippen LogP contribution in [0.3, 0.4) is 0 Å². The molecule has 0 aromatic heterocycles. The second-order valence-corrected chi connectivity index (χ2v) is 4.01.